The summed E-state index contributed by atoms with van der Waals surface area (Å²) in [6.07, 6.45) is 3.83. The second-order valence-electron chi connectivity index (χ2n) is 5.74. The van der Waals surface area contributed by atoms with E-state index in [9.17, 15) is 4.79 Å². The molecule has 1 aliphatic heterocycles. The smallest absolute Gasteiger partial charge is 0.319 e. The zero-order valence-corrected chi connectivity index (χ0v) is 13.5. The number of urea groups is 1. The number of anilines is 1. The summed E-state index contributed by atoms with van der Waals surface area (Å²) >= 11 is 0. The quantitative estimate of drug-likeness (QED) is 0.817. The number of carbonyl (C=O) groups is 1. The molecule has 0 bridgehead atoms. The van der Waals surface area contributed by atoms with Crippen LogP contribution in [0.5, 0.6) is 0 Å². The van der Waals surface area contributed by atoms with E-state index in [4.69, 9.17) is 13.9 Å². The summed E-state index contributed by atoms with van der Waals surface area (Å²) in [4.78, 5) is 11.9. The van der Waals surface area contributed by atoms with Crippen LogP contribution in [0.4, 0.5) is 10.5 Å². The van der Waals surface area contributed by atoms with E-state index >= 15 is 0 Å². The third kappa shape index (κ3) is 5.11. The van der Waals surface area contributed by atoms with Gasteiger partial charge in [-0.25, -0.2) is 4.79 Å². The Kier molecular flexibility index (Phi) is 5.87. The highest BCUT2D eigenvalue weighted by molar-refractivity contribution is 5.89. The number of nitrogens with one attached hydrogen (secondary N) is 2. The van der Waals surface area contributed by atoms with Crippen LogP contribution in [-0.2, 0) is 22.7 Å². The van der Waals surface area contributed by atoms with E-state index in [1.165, 1.54) is 0 Å². The molecule has 0 aliphatic carbocycles. The fourth-order valence-electron chi connectivity index (χ4n) is 2.59. The van der Waals surface area contributed by atoms with Gasteiger partial charge in [-0.15, -0.1) is 0 Å². The number of furan rings is 1. The highest BCUT2D eigenvalue weighted by Gasteiger charge is 2.16. The van der Waals surface area contributed by atoms with Crippen LogP contribution < -0.4 is 10.6 Å². The summed E-state index contributed by atoms with van der Waals surface area (Å²) < 4.78 is 16.3. The van der Waals surface area contributed by atoms with Crippen LogP contribution in [0.15, 0.2) is 47.1 Å². The first-order valence-electron chi connectivity index (χ1n) is 8.15. The normalized spacial score (nSPS) is 16.9. The molecule has 1 saturated heterocycles. The molecule has 1 aromatic heterocycles. The zero-order chi connectivity index (χ0) is 16.6. The van der Waals surface area contributed by atoms with Crippen LogP contribution in [0.2, 0.25) is 0 Å². The van der Waals surface area contributed by atoms with Gasteiger partial charge in [0.05, 0.1) is 19.0 Å². The molecule has 0 radical (unpaired) electrons. The van der Waals surface area contributed by atoms with E-state index < -0.39 is 0 Å². The lowest BCUT2D eigenvalue weighted by molar-refractivity contribution is 0.0930. The van der Waals surface area contributed by atoms with E-state index in [-0.39, 0.29) is 12.1 Å². The minimum atomic E-state index is -0.223. The maximum absolute atomic E-state index is 11.9. The summed E-state index contributed by atoms with van der Waals surface area (Å²) in [5, 5.41) is 5.67. The highest BCUT2D eigenvalue weighted by atomic mass is 16.5. The molecule has 1 fully saturated rings. The third-order valence-corrected chi connectivity index (χ3v) is 3.79. The fourth-order valence-corrected chi connectivity index (χ4v) is 2.59. The molecule has 0 spiro atoms. The molecule has 2 amide bonds. The molecule has 2 aromatic rings. The molecule has 6 nitrogen and oxygen atoms in total. The van der Waals surface area contributed by atoms with Gasteiger partial charge in [0.25, 0.3) is 0 Å². The number of benzene rings is 1. The van der Waals surface area contributed by atoms with Crippen molar-refractivity contribution in [3.8, 4) is 0 Å². The van der Waals surface area contributed by atoms with Gasteiger partial charge < -0.3 is 24.5 Å². The number of hydrogen-bond donors (Lipinski definition) is 2. The molecule has 1 aliphatic rings. The Bertz CT molecular complexity index is 636. The van der Waals surface area contributed by atoms with E-state index in [0.29, 0.717) is 19.8 Å². The Morgan fingerprint density at radius 3 is 3.00 bits per heavy atom. The number of carbonyl (C=O) groups excluding carboxylic acids is 1. The van der Waals surface area contributed by atoms with E-state index in [2.05, 4.69) is 10.6 Å². The van der Waals surface area contributed by atoms with Crippen LogP contribution in [-0.4, -0.2) is 25.3 Å². The first-order chi connectivity index (χ1) is 11.8. The number of hydrogen-bond acceptors (Lipinski definition) is 4. The molecule has 2 heterocycles. The Morgan fingerprint density at radius 2 is 2.21 bits per heavy atom. The van der Waals surface area contributed by atoms with Crippen molar-refractivity contribution >= 4 is 11.7 Å². The van der Waals surface area contributed by atoms with Crippen molar-refractivity contribution < 1.29 is 18.7 Å². The topological polar surface area (TPSA) is 72.7 Å². The Balaban J connectivity index is 1.42. The Hall–Kier alpha value is -2.31. The zero-order valence-electron chi connectivity index (χ0n) is 13.5. The lowest BCUT2D eigenvalue weighted by atomic mass is 10.2. The standard InChI is InChI=1S/C18H22N2O4/c21-18(19-11-16-6-2-8-23-16)20-15-5-1-4-14(10-15)12-22-13-17-7-3-9-24-17/h1,3-5,7,9-10,16H,2,6,8,11-13H2,(H2,19,20,21). The molecule has 3 rings (SSSR count). The van der Waals surface area contributed by atoms with Crippen LogP contribution in [0.3, 0.4) is 0 Å². The van der Waals surface area contributed by atoms with Crippen LogP contribution in [0.1, 0.15) is 24.2 Å². The van der Waals surface area contributed by atoms with Crippen LogP contribution in [0, 0.1) is 0 Å². The van der Waals surface area contributed by atoms with Gasteiger partial charge in [0.15, 0.2) is 0 Å². The van der Waals surface area contributed by atoms with E-state index in [0.717, 1.165) is 36.5 Å². The lowest BCUT2D eigenvalue weighted by Crippen LogP contribution is -2.35. The molecule has 1 atom stereocenters. The second kappa shape index (κ2) is 8.52. The van der Waals surface area contributed by atoms with Gasteiger partial charge in [-0.3, -0.25) is 0 Å². The summed E-state index contributed by atoms with van der Waals surface area (Å²) in [6.45, 7) is 2.20. The van der Waals surface area contributed by atoms with Gasteiger partial charge in [0.2, 0.25) is 0 Å². The van der Waals surface area contributed by atoms with Crippen molar-refractivity contribution in [2.24, 2.45) is 0 Å². The molecule has 2 N–H and O–H groups in total. The van der Waals surface area contributed by atoms with Crippen molar-refractivity contribution in [1.82, 2.24) is 5.32 Å². The van der Waals surface area contributed by atoms with Gasteiger partial charge in [0.1, 0.15) is 12.4 Å². The van der Waals surface area contributed by atoms with Gasteiger partial charge in [-0.1, -0.05) is 12.1 Å². The van der Waals surface area contributed by atoms with Gasteiger partial charge in [0, 0.05) is 18.8 Å². The minimum Gasteiger partial charge on any atom is -0.467 e. The number of amides is 2. The molecule has 1 aromatic carbocycles. The second-order valence-corrected chi connectivity index (χ2v) is 5.74. The predicted molar refractivity (Wildman–Crippen MR) is 89.6 cm³/mol. The van der Waals surface area contributed by atoms with E-state index in [1.54, 1.807) is 6.26 Å². The lowest BCUT2D eigenvalue weighted by Gasteiger charge is -2.12. The summed E-state index contributed by atoms with van der Waals surface area (Å²) in [5.74, 6) is 0.790. The average Bonchev–Trinajstić information content (AvgIpc) is 3.27. The molecular formula is C18H22N2O4. The fraction of sp³-hybridized carbons (Fsp3) is 0.389. The van der Waals surface area contributed by atoms with Crippen LogP contribution >= 0.6 is 0 Å². The van der Waals surface area contributed by atoms with Gasteiger partial charge >= 0.3 is 6.03 Å². The maximum atomic E-state index is 11.9. The van der Waals surface area contributed by atoms with E-state index in [1.807, 2.05) is 36.4 Å². The average molecular weight is 330 g/mol. The maximum Gasteiger partial charge on any atom is 0.319 e. The molecule has 6 heteroatoms. The van der Waals surface area contributed by atoms with Crippen LogP contribution in [0.25, 0.3) is 0 Å². The molecule has 128 valence electrons. The predicted octanol–water partition coefficient (Wildman–Crippen LogP) is 3.30. The van der Waals surface area contributed by atoms with Gasteiger partial charge in [-0.2, -0.15) is 0 Å². The summed E-state index contributed by atoms with van der Waals surface area (Å²) in [6, 6.07) is 11.1. The number of rotatable bonds is 7. The van der Waals surface area contributed by atoms with Crippen molar-refractivity contribution in [3.63, 3.8) is 0 Å². The first-order valence-corrected chi connectivity index (χ1v) is 8.15. The molecule has 24 heavy (non-hydrogen) atoms. The van der Waals surface area contributed by atoms with Crippen molar-refractivity contribution in [2.75, 3.05) is 18.5 Å². The largest absolute Gasteiger partial charge is 0.467 e. The SMILES string of the molecule is O=C(NCC1CCCO1)Nc1cccc(COCc2ccco2)c1. The first kappa shape index (κ1) is 16.5. The monoisotopic (exact) mass is 330 g/mol. The highest BCUT2D eigenvalue weighted by Crippen LogP contribution is 2.13. The summed E-state index contributed by atoms with van der Waals surface area (Å²) in [5.41, 5.74) is 1.72. The third-order valence-electron chi connectivity index (χ3n) is 3.79. The molecule has 0 saturated carbocycles. The number of ether oxygens (including phenoxy) is 2. The van der Waals surface area contributed by atoms with Crippen molar-refractivity contribution in [3.05, 3.63) is 54.0 Å². The molecular weight excluding hydrogens is 308 g/mol. The van der Waals surface area contributed by atoms with Gasteiger partial charge in [-0.05, 0) is 42.7 Å². The molecule has 1 unspecified atom stereocenters. The Morgan fingerprint density at radius 1 is 1.25 bits per heavy atom. The van der Waals surface area contributed by atoms with Crippen molar-refractivity contribution in [1.29, 1.82) is 0 Å². The summed E-state index contributed by atoms with van der Waals surface area (Å²) in [7, 11) is 0. The Labute approximate surface area is 141 Å². The minimum absolute atomic E-state index is 0.136. The van der Waals surface area contributed by atoms with Crippen molar-refractivity contribution in [2.45, 2.75) is 32.2 Å².